The molecule has 6 nitrogen and oxygen atoms in total. The minimum Gasteiger partial charge on any atom is -0.353 e. The van der Waals surface area contributed by atoms with Gasteiger partial charge in [0.1, 0.15) is 5.82 Å². The molecule has 27 heavy (non-hydrogen) atoms. The number of aromatic nitrogens is 2. The van der Waals surface area contributed by atoms with Gasteiger partial charge in [-0.2, -0.15) is 0 Å². The van der Waals surface area contributed by atoms with Crippen LogP contribution in [0.4, 0.5) is 0 Å². The van der Waals surface area contributed by atoms with Crippen LogP contribution in [-0.4, -0.2) is 39.3 Å². The Morgan fingerprint density at radius 2 is 1.93 bits per heavy atom. The number of benzene rings is 1. The molecule has 0 atom stereocenters. The summed E-state index contributed by atoms with van der Waals surface area (Å²) < 4.78 is 0. The standard InChI is InChI=1S/C21H26N4O2/c26-19(22-16-8-4-5-9-16)10-11-20(27)25-13-12-17-18(14-25)24-21(23-17)15-6-2-1-3-7-15/h1-3,6-7,16H,4-5,8-14H2,(H,22,26)(H,23,24). The molecule has 6 heteroatoms. The Hall–Kier alpha value is -2.63. The van der Waals surface area contributed by atoms with Gasteiger partial charge in [-0.3, -0.25) is 9.59 Å². The molecule has 142 valence electrons. The monoisotopic (exact) mass is 366 g/mol. The number of amides is 2. The number of H-pyrrole nitrogens is 1. The molecule has 1 aliphatic carbocycles. The molecule has 1 aromatic heterocycles. The van der Waals surface area contributed by atoms with Crippen LogP contribution in [0.1, 0.15) is 49.9 Å². The van der Waals surface area contributed by atoms with E-state index in [1.54, 1.807) is 0 Å². The van der Waals surface area contributed by atoms with Crippen molar-refractivity contribution in [1.29, 1.82) is 0 Å². The van der Waals surface area contributed by atoms with Gasteiger partial charge in [-0.05, 0) is 12.8 Å². The van der Waals surface area contributed by atoms with Crippen molar-refractivity contribution in [1.82, 2.24) is 20.2 Å². The van der Waals surface area contributed by atoms with Crippen LogP contribution in [0, 0.1) is 0 Å². The van der Waals surface area contributed by atoms with Gasteiger partial charge in [-0.15, -0.1) is 0 Å². The first-order valence-electron chi connectivity index (χ1n) is 9.89. The minimum absolute atomic E-state index is 0.000789. The molecule has 2 heterocycles. The molecule has 1 saturated carbocycles. The number of carbonyl (C=O) groups excluding carboxylic acids is 2. The lowest BCUT2D eigenvalue weighted by Gasteiger charge is -2.26. The third-order valence-electron chi connectivity index (χ3n) is 5.52. The molecule has 1 aliphatic heterocycles. The van der Waals surface area contributed by atoms with E-state index in [1.165, 1.54) is 12.8 Å². The molecule has 0 bridgehead atoms. The Labute approximate surface area is 159 Å². The third kappa shape index (κ3) is 4.21. The largest absolute Gasteiger partial charge is 0.353 e. The highest BCUT2D eigenvalue weighted by molar-refractivity contribution is 5.84. The van der Waals surface area contributed by atoms with Gasteiger partial charge in [0.15, 0.2) is 0 Å². The summed E-state index contributed by atoms with van der Waals surface area (Å²) >= 11 is 0. The van der Waals surface area contributed by atoms with Crippen molar-refractivity contribution in [2.75, 3.05) is 6.54 Å². The van der Waals surface area contributed by atoms with Crippen molar-refractivity contribution in [3.63, 3.8) is 0 Å². The number of nitrogens with one attached hydrogen (secondary N) is 2. The molecule has 2 aromatic rings. The van der Waals surface area contributed by atoms with E-state index >= 15 is 0 Å². The van der Waals surface area contributed by atoms with Crippen molar-refractivity contribution in [3.8, 4) is 11.4 Å². The number of fused-ring (bicyclic) bond motifs is 1. The van der Waals surface area contributed by atoms with E-state index in [2.05, 4.69) is 15.3 Å². The first kappa shape index (κ1) is 17.8. The molecule has 0 unspecified atom stereocenters. The van der Waals surface area contributed by atoms with Crippen LogP contribution in [0.2, 0.25) is 0 Å². The topological polar surface area (TPSA) is 78.1 Å². The maximum Gasteiger partial charge on any atom is 0.223 e. The average Bonchev–Trinajstić information content (AvgIpc) is 3.35. The van der Waals surface area contributed by atoms with Crippen LogP contribution >= 0.6 is 0 Å². The zero-order chi connectivity index (χ0) is 18.6. The van der Waals surface area contributed by atoms with Gasteiger partial charge in [0.25, 0.3) is 0 Å². The Bertz CT molecular complexity index is 809. The van der Waals surface area contributed by atoms with Crippen molar-refractivity contribution >= 4 is 11.8 Å². The number of carbonyl (C=O) groups is 2. The summed E-state index contributed by atoms with van der Waals surface area (Å²) in [5.74, 6) is 0.893. The maximum absolute atomic E-state index is 12.5. The number of aromatic amines is 1. The number of hydrogen-bond acceptors (Lipinski definition) is 3. The highest BCUT2D eigenvalue weighted by Gasteiger charge is 2.25. The number of rotatable bonds is 5. The maximum atomic E-state index is 12.5. The lowest BCUT2D eigenvalue weighted by atomic mass is 10.1. The predicted molar refractivity (Wildman–Crippen MR) is 103 cm³/mol. The van der Waals surface area contributed by atoms with E-state index in [9.17, 15) is 9.59 Å². The third-order valence-corrected chi connectivity index (χ3v) is 5.52. The molecule has 1 aromatic carbocycles. The highest BCUT2D eigenvalue weighted by Crippen LogP contribution is 2.23. The molecule has 0 saturated heterocycles. The Kier molecular flexibility index (Phi) is 5.23. The molecule has 1 fully saturated rings. The fraction of sp³-hybridized carbons (Fsp3) is 0.476. The zero-order valence-electron chi connectivity index (χ0n) is 15.5. The first-order valence-corrected chi connectivity index (χ1v) is 9.89. The van der Waals surface area contributed by atoms with E-state index in [4.69, 9.17) is 0 Å². The summed E-state index contributed by atoms with van der Waals surface area (Å²) in [4.78, 5) is 34.5. The Morgan fingerprint density at radius 1 is 1.15 bits per heavy atom. The van der Waals surface area contributed by atoms with Crippen LogP contribution in [0.25, 0.3) is 11.4 Å². The summed E-state index contributed by atoms with van der Waals surface area (Å²) in [5.41, 5.74) is 3.09. The van der Waals surface area contributed by atoms with Crippen molar-refractivity contribution in [2.24, 2.45) is 0 Å². The molecule has 2 amide bonds. The van der Waals surface area contributed by atoms with Gasteiger partial charge in [0.2, 0.25) is 11.8 Å². The Morgan fingerprint density at radius 3 is 2.70 bits per heavy atom. The lowest BCUT2D eigenvalue weighted by Crippen LogP contribution is -2.37. The predicted octanol–water partition coefficient (Wildman–Crippen LogP) is 2.80. The second-order valence-corrected chi connectivity index (χ2v) is 7.49. The SMILES string of the molecule is O=C(CCC(=O)N1CCc2nc(-c3ccccc3)[nH]c2C1)NC1CCCC1. The van der Waals surface area contributed by atoms with Crippen LogP contribution in [0.3, 0.4) is 0 Å². The van der Waals surface area contributed by atoms with E-state index in [0.717, 1.165) is 42.0 Å². The van der Waals surface area contributed by atoms with Gasteiger partial charge in [0, 0.05) is 37.4 Å². The number of hydrogen-bond donors (Lipinski definition) is 2. The lowest BCUT2D eigenvalue weighted by molar-refractivity contribution is -0.134. The minimum atomic E-state index is 0.000789. The smallest absolute Gasteiger partial charge is 0.223 e. The van der Waals surface area contributed by atoms with E-state index in [-0.39, 0.29) is 24.7 Å². The second-order valence-electron chi connectivity index (χ2n) is 7.49. The van der Waals surface area contributed by atoms with Gasteiger partial charge in [-0.1, -0.05) is 43.2 Å². The van der Waals surface area contributed by atoms with Crippen LogP contribution in [0.5, 0.6) is 0 Å². The molecular weight excluding hydrogens is 340 g/mol. The fourth-order valence-electron chi connectivity index (χ4n) is 3.99. The van der Waals surface area contributed by atoms with E-state index in [1.807, 2.05) is 35.2 Å². The van der Waals surface area contributed by atoms with Crippen LogP contribution in [0.15, 0.2) is 30.3 Å². The molecule has 2 N–H and O–H groups in total. The molecule has 0 spiro atoms. The highest BCUT2D eigenvalue weighted by atomic mass is 16.2. The van der Waals surface area contributed by atoms with Gasteiger partial charge in [0.05, 0.1) is 17.9 Å². The summed E-state index contributed by atoms with van der Waals surface area (Å²) in [6.45, 7) is 1.20. The van der Waals surface area contributed by atoms with Gasteiger partial charge in [-0.25, -0.2) is 4.98 Å². The zero-order valence-corrected chi connectivity index (χ0v) is 15.5. The van der Waals surface area contributed by atoms with Crippen molar-refractivity contribution in [3.05, 3.63) is 41.7 Å². The van der Waals surface area contributed by atoms with Crippen molar-refractivity contribution < 1.29 is 9.59 Å². The summed E-state index contributed by atoms with van der Waals surface area (Å²) in [5, 5.41) is 3.05. The van der Waals surface area contributed by atoms with Crippen molar-refractivity contribution in [2.45, 2.75) is 57.5 Å². The number of nitrogens with zero attached hydrogens (tertiary/aromatic N) is 2. The molecule has 0 radical (unpaired) electrons. The summed E-state index contributed by atoms with van der Waals surface area (Å²) in [6.07, 6.45) is 5.81. The van der Waals surface area contributed by atoms with Crippen LogP contribution in [-0.2, 0) is 22.6 Å². The number of imidazole rings is 1. The van der Waals surface area contributed by atoms with E-state index in [0.29, 0.717) is 19.1 Å². The molecule has 2 aliphatic rings. The summed E-state index contributed by atoms with van der Waals surface area (Å²) in [6, 6.07) is 10.3. The fourth-order valence-corrected chi connectivity index (χ4v) is 3.99. The molecule has 4 rings (SSSR count). The van der Waals surface area contributed by atoms with E-state index < -0.39 is 0 Å². The first-order chi connectivity index (χ1) is 13.2. The van der Waals surface area contributed by atoms with Gasteiger partial charge >= 0.3 is 0 Å². The quantitative estimate of drug-likeness (QED) is 0.854. The Balaban J connectivity index is 1.31. The van der Waals surface area contributed by atoms with Gasteiger partial charge < -0.3 is 15.2 Å². The summed E-state index contributed by atoms with van der Waals surface area (Å²) in [7, 11) is 0. The van der Waals surface area contributed by atoms with Crippen LogP contribution < -0.4 is 5.32 Å². The normalized spacial score (nSPS) is 17.0. The second kappa shape index (κ2) is 7.94. The molecular formula is C21H26N4O2. The average molecular weight is 366 g/mol.